The van der Waals surface area contributed by atoms with E-state index in [0.29, 0.717) is 0 Å². The molecule has 1 aromatic rings. The van der Waals surface area contributed by atoms with Gasteiger partial charge >= 0.3 is 0 Å². The molecular weight excluding hydrogens is 288 g/mol. The highest BCUT2D eigenvalue weighted by atomic mass is 79.9. The lowest BCUT2D eigenvalue weighted by molar-refractivity contribution is 0.674. The van der Waals surface area contributed by atoms with Gasteiger partial charge in [-0.05, 0) is 44.0 Å². The minimum Gasteiger partial charge on any atom is -0.372 e. The zero-order valence-corrected chi connectivity index (χ0v) is 13.4. The van der Waals surface area contributed by atoms with Crippen LogP contribution in [0.15, 0.2) is 22.7 Å². The summed E-state index contributed by atoms with van der Waals surface area (Å²) in [5.41, 5.74) is 2.64. The second-order valence-corrected chi connectivity index (χ2v) is 5.39. The van der Waals surface area contributed by atoms with Crippen LogP contribution in [-0.4, -0.2) is 19.6 Å². The van der Waals surface area contributed by atoms with Gasteiger partial charge in [-0.25, -0.2) is 0 Å². The Balaban J connectivity index is 2.71. The second kappa shape index (κ2) is 8.54. The number of nitrogens with one attached hydrogen (secondary N) is 1. The lowest BCUT2D eigenvalue weighted by atomic mass is 10.2. The maximum atomic E-state index is 3.68. The van der Waals surface area contributed by atoms with Crippen LogP contribution in [0.5, 0.6) is 0 Å². The number of halogens is 1. The predicted molar refractivity (Wildman–Crippen MR) is 84.3 cm³/mol. The maximum absolute atomic E-state index is 3.68. The van der Waals surface area contributed by atoms with Crippen molar-refractivity contribution in [2.45, 2.75) is 40.2 Å². The van der Waals surface area contributed by atoms with Crippen LogP contribution in [0.2, 0.25) is 0 Å². The highest BCUT2D eigenvalue weighted by Crippen LogP contribution is 2.24. The van der Waals surface area contributed by atoms with Crippen molar-refractivity contribution in [3.63, 3.8) is 0 Å². The summed E-state index contributed by atoms with van der Waals surface area (Å²) in [4.78, 5) is 2.41. The fourth-order valence-corrected chi connectivity index (χ4v) is 2.52. The van der Waals surface area contributed by atoms with Crippen molar-refractivity contribution in [1.29, 1.82) is 0 Å². The SMILES string of the molecule is CCCNCc1ccc(N(CC)CCC)cc1Br. The van der Waals surface area contributed by atoms with Gasteiger partial charge in [0.15, 0.2) is 0 Å². The Kier molecular flexibility index (Phi) is 7.36. The van der Waals surface area contributed by atoms with Crippen molar-refractivity contribution in [1.82, 2.24) is 5.32 Å². The van der Waals surface area contributed by atoms with Crippen LogP contribution in [0, 0.1) is 0 Å². The number of rotatable bonds is 8. The molecule has 0 amide bonds. The van der Waals surface area contributed by atoms with Crippen molar-refractivity contribution in [3.05, 3.63) is 28.2 Å². The van der Waals surface area contributed by atoms with Crippen LogP contribution in [0.1, 0.15) is 39.2 Å². The fraction of sp³-hybridized carbons (Fsp3) is 0.600. The van der Waals surface area contributed by atoms with E-state index in [4.69, 9.17) is 0 Å². The standard InChI is InChI=1S/C15H25BrN2/c1-4-9-17-12-13-7-8-14(11-15(13)16)18(6-3)10-5-2/h7-8,11,17H,4-6,9-10,12H2,1-3H3. The molecule has 0 unspecified atom stereocenters. The largest absolute Gasteiger partial charge is 0.372 e. The van der Waals surface area contributed by atoms with Crippen molar-refractivity contribution in [3.8, 4) is 0 Å². The number of benzene rings is 1. The van der Waals surface area contributed by atoms with Crippen LogP contribution >= 0.6 is 15.9 Å². The van der Waals surface area contributed by atoms with Crippen LogP contribution in [0.25, 0.3) is 0 Å². The summed E-state index contributed by atoms with van der Waals surface area (Å²) in [6, 6.07) is 6.69. The Bertz CT molecular complexity index is 352. The fourth-order valence-electron chi connectivity index (χ4n) is 2.02. The van der Waals surface area contributed by atoms with Crippen molar-refractivity contribution >= 4 is 21.6 Å². The van der Waals surface area contributed by atoms with E-state index in [9.17, 15) is 0 Å². The molecule has 0 aliphatic heterocycles. The smallest absolute Gasteiger partial charge is 0.0377 e. The first-order chi connectivity index (χ1) is 8.72. The van der Waals surface area contributed by atoms with Gasteiger partial charge in [0.1, 0.15) is 0 Å². The molecule has 1 aromatic carbocycles. The van der Waals surface area contributed by atoms with E-state index < -0.39 is 0 Å². The average molecular weight is 313 g/mol. The molecule has 18 heavy (non-hydrogen) atoms. The van der Waals surface area contributed by atoms with Gasteiger partial charge in [0.25, 0.3) is 0 Å². The van der Waals surface area contributed by atoms with Crippen molar-refractivity contribution in [2.24, 2.45) is 0 Å². The summed E-state index contributed by atoms with van der Waals surface area (Å²) in [7, 11) is 0. The molecule has 0 aliphatic rings. The number of anilines is 1. The first kappa shape index (κ1) is 15.5. The lowest BCUT2D eigenvalue weighted by Gasteiger charge is -2.23. The van der Waals surface area contributed by atoms with E-state index in [1.165, 1.54) is 28.6 Å². The van der Waals surface area contributed by atoms with Gasteiger partial charge in [-0.3, -0.25) is 0 Å². The van der Waals surface area contributed by atoms with Gasteiger partial charge in [0, 0.05) is 29.8 Å². The Morgan fingerprint density at radius 1 is 1.17 bits per heavy atom. The van der Waals surface area contributed by atoms with E-state index in [2.05, 4.69) is 65.1 Å². The van der Waals surface area contributed by atoms with Crippen LogP contribution < -0.4 is 10.2 Å². The molecule has 0 radical (unpaired) electrons. The monoisotopic (exact) mass is 312 g/mol. The normalized spacial score (nSPS) is 10.7. The summed E-state index contributed by atoms with van der Waals surface area (Å²) in [6.45, 7) is 10.8. The minimum atomic E-state index is 0.939. The zero-order valence-electron chi connectivity index (χ0n) is 11.8. The molecule has 102 valence electrons. The number of hydrogen-bond acceptors (Lipinski definition) is 2. The summed E-state index contributed by atoms with van der Waals surface area (Å²) in [6.07, 6.45) is 2.36. The van der Waals surface area contributed by atoms with Gasteiger partial charge in [-0.15, -0.1) is 0 Å². The van der Waals surface area contributed by atoms with Gasteiger partial charge in [-0.2, -0.15) is 0 Å². The first-order valence-electron chi connectivity index (χ1n) is 6.97. The van der Waals surface area contributed by atoms with Gasteiger partial charge in [0.2, 0.25) is 0 Å². The molecule has 0 heterocycles. The Hall–Kier alpha value is -0.540. The van der Waals surface area contributed by atoms with E-state index in [-0.39, 0.29) is 0 Å². The van der Waals surface area contributed by atoms with Crippen LogP contribution in [0.3, 0.4) is 0 Å². The second-order valence-electron chi connectivity index (χ2n) is 4.53. The first-order valence-corrected chi connectivity index (χ1v) is 7.76. The highest BCUT2D eigenvalue weighted by Gasteiger charge is 2.06. The number of nitrogens with zero attached hydrogens (tertiary/aromatic N) is 1. The summed E-state index contributed by atoms with van der Waals surface area (Å²) < 4.78 is 1.21. The molecule has 0 spiro atoms. The lowest BCUT2D eigenvalue weighted by Crippen LogP contribution is -2.23. The predicted octanol–water partition coefficient (Wildman–Crippen LogP) is 4.19. The van der Waals surface area contributed by atoms with Gasteiger partial charge in [0.05, 0.1) is 0 Å². The summed E-state index contributed by atoms with van der Waals surface area (Å²) in [5, 5.41) is 3.44. The molecular formula is C15H25BrN2. The Morgan fingerprint density at radius 3 is 2.50 bits per heavy atom. The van der Waals surface area contributed by atoms with Crippen LogP contribution in [0.4, 0.5) is 5.69 Å². The summed E-state index contributed by atoms with van der Waals surface area (Å²) in [5.74, 6) is 0. The van der Waals surface area contributed by atoms with Crippen molar-refractivity contribution in [2.75, 3.05) is 24.5 Å². The summed E-state index contributed by atoms with van der Waals surface area (Å²) >= 11 is 3.68. The van der Waals surface area contributed by atoms with E-state index in [1.54, 1.807) is 0 Å². The molecule has 0 saturated carbocycles. The topological polar surface area (TPSA) is 15.3 Å². The molecule has 0 aliphatic carbocycles. The molecule has 0 aromatic heterocycles. The maximum Gasteiger partial charge on any atom is 0.0377 e. The third-order valence-electron chi connectivity index (χ3n) is 3.02. The van der Waals surface area contributed by atoms with E-state index in [0.717, 1.165) is 26.2 Å². The number of hydrogen-bond donors (Lipinski definition) is 1. The average Bonchev–Trinajstić information content (AvgIpc) is 2.38. The zero-order chi connectivity index (χ0) is 13.4. The van der Waals surface area contributed by atoms with Gasteiger partial charge in [-0.1, -0.05) is 35.8 Å². The van der Waals surface area contributed by atoms with Gasteiger partial charge < -0.3 is 10.2 Å². The molecule has 1 N–H and O–H groups in total. The molecule has 0 atom stereocenters. The third kappa shape index (κ3) is 4.62. The quantitative estimate of drug-likeness (QED) is 0.724. The molecule has 0 fully saturated rings. The third-order valence-corrected chi connectivity index (χ3v) is 3.76. The Morgan fingerprint density at radius 2 is 1.94 bits per heavy atom. The molecule has 0 bridgehead atoms. The van der Waals surface area contributed by atoms with Crippen LogP contribution in [-0.2, 0) is 6.54 Å². The highest BCUT2D eigenvalue weighted by molar-refractivity contribution is 9.10. The molecule has 1 rings (SSSR count). The molecule has 2 nitrogen and oxygen atoms in total. The molecule has 0 saturated heterocycles. The van der Waals surface area contributed by atoms with E-state index >= 15 is 0 Å². The molecule has 3 heteroatoms. The Labute approximate surface area is 120 Å². The van der Waals surface area contributed by atoms with Crippen molar-refractivity contribution < 1.29 is 0 Å². The minimum absolute atomic E-state index is 0.939. The van der Waals surface area contributed by atoms with E-state index in [1.807, 2.05) is 0 Å².